The second-order valence-electron chi connectivity index (χ2n) is 17.1. The highest BCUT2D eigenvalue weighted by molar-refractivity contribution is 7.91. The number of ketones is 2. The van der Waals surface area contributed by atoms with E-state index in [2.05, 4.69) is 4.84 Å². The van der Waals surface area contributed by atoms with Gasteiger partial charge in [0, 0.05) is 6.42 Å². The first-order valence-corrected chi connectivity index (χ1v) is 30.7. The number of sulfonamides is 5. The number of carbonyl (C=O) groups is 10. The molecular formula is C49H47N7O23S5. The first-order valence-electron chi connectivity index (χ1n) is 23.5. The second kappa shape index (κ2) is 26.4. The molecule has 84 heavy (non-hydrogen) atoms. The van der Waals surface area contributed by atoms with Crippen LogP contribution in [0.15, 0.2) is 146 Å². The predicted molar refractivity (Wildman–Crippen MR) is 284 cm³/mol. The minimum absolute atomic E-state index is 0.0174. The van der Waals surface area contributed by atoms with Crippen molar-refractivity contribution in [3.63, 3.8) is 0 Å². The van der Waals surface area contributed by atoms with Gasteiger partial charge in [0.2, 0.25) is 0 Å². The zero-order valence-corrected chi connectivity index (χ0v) is 48.0. The molecule has 5 aliphatic rings. The monoisotopic (exact) mass is 1260 g/mol. The number of carboxylic acids is 1. The van der Waals surface area contributed by atoms with E-state index in [0.29, 0.717) is 23.6 Å². The standard InChI is InChI=1S/C10H10N2O5S.C10H9NO4S.C9H8N2O5S.C9H7NO5S.C7H5NO3S.C4H8O/c1-17-11-9(13)6-12-10(14)7-4-2-3-5-8(7)18(12,15)16;1-7(12)6-11-10(13)8-4-2-3-5-9(8)16(11,14)15;12-8(10-14)5-11-9(13)6-3-1-2-4-7(6)17(11,15)16;11-8(12)5-10-9(13)6-3-1-2-4-7(6)16(10,14)15;9-7-5-3-1-2-4-6(5)12(10,11)8-7;1-3-4(2)5/h2-5H,6H2,1H3,(H,11,13);2-5H,6H2,1H3;1-4,14H,5H2,(H,10,12);1-4H,5H2,(H,11,12);1-4H,(H,8,9);3H2,1-2H3. The van der Waals surface area contributed by atoms with Crippen LogP contribution in [0.2, 0.25) is 0 Å². The molecule has 0 spiro atoms. The van der Waals surface area contributed by atoms with Crippen LogP contribution in [0.1, 0.15) is 79.0 Å². The number of fused-ring (bicyclic) bond motifs is 5. The van der Waals surface area contributed by atoms with E-state index in [1.54, 1.807) is 37.3 Å². The van der Waals surface area contributed by atoms with Crippen molar-refractivity contribution in [2.24, 2.45) is 0 Å². The van der Waals surface area contributed by atoms with E-state index in [9.17, 15) is 90.0 Å². The van der Waals surface area contributed by atoms with Gasteiger partial charge in [-0.2, -0.15) is 0 Å². The van der Waals surface area contributed by atoms with E-state index in [-0.39, 0.29) is 63.9 Å². The van der Waals surface area contributed by atoms with Crippen molar-refractivity contribution in [3.05, 3.63) is 149 Å². The molecule has 0 atom stereocenters. The Bertz CT molecular complexity index is 4030. The molecule has 35 heteroatoms. The second-order valence-corrected chi connectivity index (χ2v) is 26.1. The Morgan fingerprint density at radius 2 is 0.738 bits per heavy atom. The minimum atomic E-state index is -3.99. The van der Waals surface area contributed by atoms with Crippen molar-refractivity contribution < 1.29 is 105 Å². The highest BCUT2D eigenvalue weighted by atomic mass is 32.2. The van der Waals surface area contributed by atoms with Crippen LogP contribution in [0.3, 0.4) is 0 Å². The van der Waals surface area contributed by atoms with Gasteiger partial charge in [0.1, 0.15) is 55.7 Å². The van der Waals surface area contributed by atoms with Crippen LogP contribution >= 0.6 is 0 Å². The summed E-state index contributed by atoms with van der Waals surface area (Å²) in [5, 5.41) is 16.9. The zero-order chi connectivity index (χ0) is 62.9. The fourth-order valence-electron chi connectivity index (χ4n) is 7.44. The largest absolute Gasteiger partial charge is 0.480 e. The van der Waals surface area contributed by atoms with Crippen LogP contribution in [0, 0.1) is 0 Å². The maximum atomic E-state index is 12.0. The van der Waals surface area contributed by atoms with Gasteiger partial charge in [0.05, 0.1) is 41.5 Å². The smallest absolute Gasteiger partial charge is 0.324 e. The van der Waals surface area contributed by atoms with Crippen LogP contribution in [-0.4, -0.2) is 162 Å². The summed E-state index contributed by atoms with van der Waals surface area (Å²) < 4.78 is 121. The van der Waals surface area contributed by atoms with Gasteiger partial charge in [-0.25, -0.2) is 75.0 Å². The van der Waals surface area contributed by atoms with Crippen LogP contribution < -0.4 is 15.7 Å². The average Bonchev–Trinajstić information content (AvgIpc) is 2.11. The van der Waals surface area contributed by atoms with Gasteiger partial charge in [-0.15, -0.1) is 0 Å². The van der Waals surface area contributed by atoms with E-state index in [4.69, 9.17) is 10.3 Å². The molecule has 5 aliphatic heterocycles. The quantitative estimate of drug-likeness (QED) is 0.0926. The molecule has 0 fully saturated rings. The number of rotatable bonds is 10. The molecule has 0 unspecified atom stereocenters. The van der Waals surface area contributed by atoms with Crippen molar-refractivity contribution in [2.45, 2.75) is 51.7 Å². The first-order chi connectivity index (χ1) is 39.2. The Kier molecular flexibility index (Phi) is 20.6. The van der Waals surface area contributed by atoms with Gasteiger partial charge in [-0.05, 0) is 74.5 Å². The zero-order valence-electron chi connectivity index (χ0n) is 43.9. The number of hydrogen-bond donors (Lipinski definition) is 5. The topological polar surface area (TPSA) is 440 Å². The summed E-state index contributed by atoms with van der Waals surface area (Å²) in [6, 6.07) is 29.2. The Morgan fingerprint density at radius 3 is 1.01 bits per heavy atom. The number of benzene rings is 5. The highest BCUT2D eigenvalue weighted by Gasteiger charge is 2.45. The van der Waals surface area contributed by atoms with Gasteiger partial charge in [-0.1, -0.05) is 67.6 Å². The molecule has 5 aromatic rings. The summed E-state index contributed by atoms with van der Waals surface area (Å²) in [4.78, 5) is 115. The van der Waals surface area contributed by atoms with Crippen molar-refractivity contribution in [1.82, 2.24) is 32.9 Å². The van der Waals surface area contributed by atoms with Crippen molar-refractivity contribution >= 4 is 109 Å². The molecule has 0 aliphatic carbocycles. The minimum Gasteiger partial charge on any atom is -0.480 e. The number of amides is 7. The summed E-state index contributed by atoms with van der Waals surface area (Å²) in [6.07, 6.45) is 0.667. The maximum absolute atomic E-state index is 12.0. The summed E-state index contributed by atoms with van der Waals surface area (Å²) in [5.41, 5.74) is 3.70. The number of hydrogen-bond acceptors (Lipinski definition) is 22. The summed E-state index contributed by atoms with van der Waals surface area (Å²) in [5.74, 6) is -6.65. The molecule has 0 bridgehead atoms. The van der Waals surface area contributed by atoms with E-state index in [1.165, 1.54) is 111 Å². The van der Waals surface area contributed by atoms with Gasteiger partial charge in [-0.3, -0.25) is 53.2 Å². The third-order valence-corrected chi connectivity index (χ3v) is 19.9. The first kappa shape index (κ1) is 65.7. The number of nitrogens with zero attached hydrogens (tertiary/aromatic N) is 4. The number of hydroxylamine groups is 2. The summed E-state index contributed by atoms with van der Waals surface area (Å²) in [7, 11) is -18.1. The van der Waals surface area contributed by atoms with Crippen molar-refractivity contribution in [3.8, 4) is 0 Å². The van der Waals surface area contributed by atoms with Gasteiger partial charge >= 0.3 is 5.97 Å². The predicted octanol–water partition coefficient (Wildman–Crippen LogP) is 0.285. The van der Waals surface area contributed by atoms with Crippen molar-refractivity contribution in [2.75, 3.05) is 33.3 Å². The van der Waals surface area contributed by atoms with Crippen LogP contribution in [0.25, 0.3) is 0 Å². The molecular weight excluding hydrogens is 1210 g/mol. The number of Topliss-reactive ketones (excluding diaryl/α,β-unsaturated/α-hetero) is 2. The Hall–Kier alpha value is -9.13. The summed E-state index contributed by atoms with van der Waals surface area (Å²) in [6.45, 7) is 2.07. The highest BCUT2D eigenvalue weighted by Crippen LogP contribution is 2.33. The lowest BCUT2D eigenvalue weighted by Gasteiger charge is -2.13. The molecule has 30 nitrogen and oxygen atoms in total. The maximum Gasteiger partial charge on any atom is 0.324 e. The van der Waals surface area contributed by atoms with Gasteiger partial charge in [0.25, 0.3) is 91.5 Å². The third-order valence-electron chi connectivity index (χ3n) is 11.4. The molecule has 0 saturated heterocycles. The van der Waals surface area contributed by atoms with Crippen LogP contribution in [0.5, 0.6) is 0 Å². The Labute approximate surface area is 478 Å². The Morgan fingerprint density at radius 1 is 0.452 bits per heavy atom. The van der Waals surface area contributed by atoms with E-state index in [0.717, 1.165) is 0 Å². The SMILES string of the molecule is CC(=O)CN1C(=O)c2ccccc2S1(=O)=O.CCC(C)=O.CONC(=O)CN1C(=O)c2ccccc2S1(=O)=O.O=C(CN1C(=O)c2ccccc2S1(=O)=O)NO.O=C(O)CN1C(=O)c2ccccc2S1(=O)=O.O=C1NS(=O)(=O)c2ccccc21. The number of aliphatic carboxylic acids is 1. The fraction of sp³-hybridized carbons (Fsp3) is 0.184. The molecule has 0 saturated carbocycles. The van der Waals surface area contributed by atoms with Gasteiger partial charge in [0.15, 0.2) is 0 Å². The molecule has 10 rings (SSSR count). The number of nitrogens with one attached hydrogen (secondary N) is 3. The van der Waals surface area contributed by atoms with E-state index in [1.807, 2.05) is 17.1 Å². The fourth-order valence-corrected chi connectivity index (χ4v) is 14.8. The molecule has 5 aromatic carbocycles. The normalized spacial score (nSPS) is 16.6. The number of carboxylic acid groups (broad SMARTS) is 1. The molecule has 7 amide bonds. The van der Waals surface area contributed by atoms with Crippen LogP contribution in [0.4, 0.5) is 0 Å². The van der Waals surface area contributed by atoms with Gasteiger partial charge < -0.3 is 9.90 Å². The molecule has 0 aromatic heterocycles. The lowest BCUT2D eigenvalue weighted by molar-refractivity contribution is -0.137. The molecule has 0 radical (unpaired) electrons. The third kappa shape index (κ3) is 14.0. The molecule has 5 heterocycles. The van der Waals surface area contributed by atoms with E-state index < -0.39 is 124 Å². The molecule has 5 N–H and O–H groups in total. The lowest BCUT2D eigenvalue weighted by Crippen LogP contribution is -2.40. The number of carbonyl (C=O) groups excluding carboxylic acids is 9. The van der Waals surface area contributed by atoms with Crippen LogP contribution in [-0.2, 0) is 78.9 Å². The van der Waals surface area contributed by atoms with Crippen molar-refractivity contribution in [1.29, 1.82) is 0 Å². The lowest BCUT2D eigenvalue weighted by atomic mass is 10.2. The Balaban J connectivity index is 0.000000189. The average molecular weight is 1260 g/mol. The van der Waals surface area contributed by atoms with E-state index >= 15 is 0 Å². The summed E-state index contributed by atoms with van der Waals surface area (Å²) >= 11 is 0. The molecule has 446 valence electrons.